The third-order valence-corrected chi connectivity index (χ3v) is 4.13. The average Bonchev–Trinajstić information content (AvgIpc) is 2.62. The van der Waals surface area contributed by atoms with E-state index in [9.17, 15) is 4.79 Å². The molecule has 0 saturated heterocycles. The van der Waals surface area contributed by atoms with Gasteiger partial charge in [-0.1, -0.05) is 12.1 Å². The number of hydrogen-bond acceptors (Lipinski definition) is 6. The minimum atomic E-state index is -0.191. The van der Waals surface area contributed by atoms with E-state index in [1.807, 2.05) is 19.1 Å². The first-order valence-corrected chi connectivity index (χ1v) is 7.80. The molecule has 7 nitrogen and oxygen atoms in total. The molecular formula is C17H19N5O2. The number of benzene rings is 1. The fourth-order valence-corrected chi connectivity index (χ4v) is 2.77. The van der Waals surface area contributed by atoms with Crippen LogP contribution < -0.4 is 21.0 Å². The first kappa shape index (κ1) is 16.0. The highest BCUT2D eigenvalue weighted by atomic mass is 16.7. The largest absolute Gasteiger partial charge is 0.411 e. The maximum Gasteiger partial charge on any atom is 0.292 e. The van der Waals surface area contributed by atoms with E-state index in [0.717, 1.165) is 24.2 Å². The highest BCUT2D eigenvalue weighted by Crippen LogP contribution is 2.19. The summed E-state index contributed by atoms with van der Waals surface area (Å²) >= 11 is 0. The van der Waals surface area contributed by atoms with Crippen LogP contribution in [0.25, 0.3) is 0 Å². The molecule has 0 saturated carbocycles. The number of nitrogens with zero attached hydrogens (tertiary/aromatic N) is 3. The molecule has 2 N–H and O–H groups in total. The van der Waals surface area contributed by atoms with Gasteiger partial charge in [-0.2, -0.15) is 5.26 Å². The zero-order chi connectivity index (χ0) is 17.1. The Hall–Kier alpha value is -2.85. The molecule has 0 spiro atoms. The molecule has 24 heavy (non-hydrogen) atoms. The number of rotatable bonds is 4. The number of hydrogen-bond donors (Lipinski definition) is 2. The molecule has 0 fully saturated rings. The number of aromatic nitrogens is 2. The first-order chi connectivity index (χ1) is 11.6. The van der Waals surface area contributed by atoms with Crippen molar-refractivity contribution < 1.29 is 4.84 Å². The molecule has 1 aliphatic rings. The van der Waals surface area contributed by atoms with Crippen molar-refractivity contribution in [2.75, 3.05) is 19.0 Å². The summed E-state index contributed by atoms with van der Waals surface area (Å²) in [6, 6.07) is 9.31. The van der Waals surface area contributed by atoms with E-state index in [1.54, 1.807) is 12.1 Å². The summed E-state index contributed by atoms with van der Waals surface area (Å²) in [5, 5.41) is 15.3. The lowest BCUT2D eigenvalue weighted by atomic mass is 10.1. The Morgan fingerprint density at radius 1 is 1.42 bits per heavy atom. The van der Waals surface area contributed by atoms with Gasteiger partial charge < -0.3 is 15.5 Å². The fourth-order valence-electron chi connectivity index (χ4n) is 2.77. The highest BCUT2D eigenvalue weighted by Gasteiger charge is 2.20. The van der Waals surface area contributed by atoms with Gasteiger partial charge in [0, 0.05) is 19.5 Å². The van der Waals surface area contributed by atoms with Crippen LogP contribution in [-0.4, -0.2) is 23.4 Å². The molecule has 0 radical (unpaired) electrons. The molecule has 124 valence electrons. The minimum absolute atomic E-state index is 0.0918. The maximum atomic E-state index is 12.5. The average molecular weight is 325 g/mol. The molecule has 1 aromatic carbocycles. The number of nitriles is 1. The topological polar surface area (TPSA) is 92.0 Å². The Balaban J connectivity index is 1.92. The molecule has 3 rings (SSSR count). The van der Waals surface area contributed by atoms with Crippen LogP contribution in [-0.2, 0) is 13.0 Å². The number of fused-ring (bicyclic) bond motifs is 1. The Morgan fingerprint density at radius 3 is 2.83 bits per heavy atom. The first-order valence-electron chi connectivity index (χ1n) is 7.80. The molecule has 0 aliphatic carbocycles. The molecule has 0 amide bonds. The smallest absolute Gasteiger partial charge is 0.292 e. The van der Waals surface area contributed by atoms with Crippen LogP contribution in [0.2, 0.25) is 0 Å². The lowest BCUT2D eigenvalue weighted by Gasteiger charge is -2.22. The summed E-state index contributed by atoms with van der Waals surface area (Å²) in [7, 11) is 1.45. The highest BCUT2D eigenvalue weighted by molar-refractivity contribution is 5.38. The maximum absolute atomic E-state index is 12.5. The quantitative estimate of drug-likeness (QED) is 0.871. The lowest BCUT2D eigenvalue weighted by Crippen LogP contribution is -2.38. The monoisotopic (exact) mass is 325 g/mol. The van der Waals surface area contributed by atoms with E-state index in [-0.39, 0.29) is 11.6 Å². The van der Waals surface area contributed by atoms with Gasteiger partial charge in [-0.05, 0) is 24.6 Å². The Kier molecular flexibility index (Phi) is 4.49. The summed E-state index contributed by atoms with van der Waals surface area (Å²) < 4.78 is 1.19. The van der Waals surface area contributed by atoms with Gasteiger partial charge in [0.1, 0.15) is 7.11 Å². The van der Waals surface area contributed by atoms with Gasteiger partial charge in [0.25, 0.3) is 5.56 Å². The van der Waals surface area contributed by atoms with Gasteiger partial charge in [0.15, 0.2) is 0 Å². The lowest BCUT2D eigenvalue weighted by molar-refractivity contribution is 0.157. The van der Waals surface area contributed by atoms with Gasteiger partial charge in [-0.25, -0.2) is 4.98 Å². The predicted molar refractivity (Wildman–Crippen MR) is 89.6 cm³/mol. The van der Waals surface area contributed by atoms with Gasteiger partial charge in [0.05, 0.1) is 28.9 Å². The van der Waals surface area contributed by atoms with Crippen molar-refractivity contribution in [2.24, 2.45) is 0 Å². The van der Waals surface area contributed by atoms with Crippen molar-refractivity contribution in [1.82, 2.24) is 15.0 Å². The van der Waals surface area contributed by atoms with Crippen molar-refractivity contribution in [3.05, 3.63) is 57.0 Å². The second-order valence-corrected chi connectivity index (χ2v) is 5.67. The van der Waals surface area contributed by atoms with Crippen molar-refractivity contribution in [1.29, 1.82) is 5.26 Å². The van der Waals surface area contributed by atoms with E-state index in [0.29, 0.717) is 23.6 Å². The molecule has 1 aliphatic heterocycles. The zero-order valence-electron chi connectivity index (χ0n) is 13.7. The van der Waals surface area contributed by atoms with E-state index in [2.05, 4.69) is 21.7 Å². The van der Waals surface area contributed by atoms with E-state index >= 15 is 0 Å². The molecular weight excluding hydrogens is 306 g/mol. The summed E-state index contributed by atoms with van der Waals surface area (Å²) in [4.78, 5) is 22.4. The second-order valence-electron chi connectivity index (χ2n) is 5.67. The summed E-state index contributed by atoms with van der Waals surface area (Å²) in [5.41, 5.74) is 2.87. The molecule has 7 heteroatoms. The number of anilines is 1. The van der Waals surface area contributed by atoms with Gasteiger partial charge in [0.2, 0.25) is 5.95 Å². The zero-order valence-corrected chi connectivity index (χ0v) is 13.7. The number of nitrogens with one attached hydrogen (secondary N) is 2. The minimum Gasteiger partial charge on any atom is -0.411 e. The molecule has 1 aromatic heterocycles. The fraction of sp³-hybridized carbons (Fsp3) is 0.353. The van der Waals surface area contributed by atoms with Crippen LogP contribution in [0, 0.1) is 11.3 Å². The van der Waals surface area contributed by atoms with E-state index in [4.69, 9.17) is 10.1 Å². The van der Waals surface area contributed by atoms with Crippen molar-refractivity contribution in [3.63, 3.8) is 0 Å². The molecule has 2 heterocycles. The molecule has 1 atom stereocenters. The van der Waals surface area contributed by atoms with Gasteiger partial charge in [-0.15, -0.1) is 4.73 Å². The summed E-state index contributed by atoms with van der Waals surface area (Å²) in [6.45, 7) is 3.28. The SMILES string of the molecule is COn1c(NC(C)c2ccc(C#N)cc2)nc2c(c1=O)CNCC2. The Morgan fingerprint density at radius 2 is 2.17 bits per heavy atom. The van der Waals surface area contributed by atoms with Crippen LogP contribution in [0.3, 0.4) is 0 Å². The van der Waals surface area contributed by atoms with Crippen LogP contribution in [0.1, 0.15) is 35.3 Å². The standard InChI is InChI=1S/C17H19N5O2/c1-11(13-5-3-12(9-18)4-6-13)20-17-21-15-7-8-19-10-14(15)16(23)22(17)24-2/h3-6,11,19H,7-8,10H2,1-2H3,(H,20,21). The van der Waals surface area contributed by atoms with Crippen LogP contribution >= 0.6 is 0 Å². The molecule has 1 unspecified atom stereocenters. The third kappa shape index (κ3) is 2.96. The predicted octanol–water partition coefficient (Wildman–Crippen LogP) is 0.992. The van der Waals surface area contributed by atoms with E-state index < -0.39 is 0 Å². The van der Waals surface area contributed by atoms with Crippen molar-refractivity contribution >= 4 is 5.95 Å². The van der Waals surface area contributed by atoms with Gasteiger partial charge in [-0.3, -0.25) is 4.79 Å². The second kappa shape index (κ2) is 6.72. The molecule has 0 bridgehead atoms. The van der Waals surface area contributed by atoms with Crippen molar-refractivity contribution in [3.8, 4) is 6.07 Å². The van der Waals surface area contributed by atoms with E-state index in [1.165, 1.54) is 11.8 Å². The van der Waals surface area contributed by atoms with Crippen LogP contribution in [0.5, 0.6) is 0 Å². The van der Waals surface area contributed by atoms with Crippen LogP contribution in [0.15, 0.2) is 29.1 Å². The Bertz CT molecular complexity index is 836. The summed E-state index contributed by atoms with van der Waals surface area (Å²) in [5.74, 6) is 0.389. The van der Waals surface area contributed by atoms with Crippen LogP contribution in [0.4, 0.5) is 5.95 Å². The summed E-state index contributed by atoms with van der Waals surface area (Å²) in [6.07, 6.45) is 0.717. The van der Waals surface area contributed by atoms with Crippen molar-refractivity contribution in [2.45, 2.75) is 25.9 Å². The Labute approximate surface area is 139 Å². The van der Waals surface area contributed by atoms with Gasteiger partial charge >= 0.3 is 0 Å². The third-order valence-electron chi connectivity index (χ3n) is 4.13. The molecule has 2 aromatic rings. The normalized spacial score (nSPS) is 14.4.